The Hall–Kier alpha value is -1.11. The van der Waals surface area contributed by atoms with Gasteiger partial charge in [-0.3, -0.25) is 14.4 Å². The lowest BCUT2D eigenvalue weighted by Gasteiger charge is -2.22. The Balaban J connectivity index is 2.80. The molecule has 7 heteroatoms. The van der Waals surface area contributed by atoms with E-state index in [1.54, 1.807) is 43.3 Å². The molecule has 0 unspecified atom stereocenters. The zero-order valence-electron chi connectivity index (χ0n) is 12.5. The number of benzene rings is 1. The summed E-state index contributed by atoms with van der Waals surface area (Å²) in [5, 5.41) is 0.369. The summed E-state index contributed by atoms with van der Waals surface area (Å²) >= 11 is 5.94. The number of halogens is 1. The van der Waals surface area contributed by atoms with Gasteiger partial charge < -0.3 is 0 Å². The van der Waals surface area contributed by atoms with Gasteiger partial charge in [0.1, 0.15) is 0 Å². The van der Waals surface area contributed by atoms with Crippen LogP contribution >= 0.6 is 11.6 Å². The van der Waals surface area contributed by atoms with Crippen molar-refractivity contribution in [2.75, 3.05) is 14.1 Å². The van der Waals surface area contributed by atoms with Gasteiger partial charge in [0.05, 0.1) is 11.8 Å². The molecule has 1 N–H and O–H groups in total. The number of hydrogen-bond acceptors (Lipinski definition) is 4. The maximum Gasteiger partial charge on any atom is 0.250 e. The van der Waals surface area contributed by atoms with Gasteiger partial charge in [-0.2, -0.15) is 0 Å². The molecule has 0 aliphatic heterocycles. The van der Waals surface area contributed by atoms with Gasteiger partial charge >= 0.3 is 0 Å². The SMILES string of the molecule is CCC[C@@H](C(=O)NS(=O)(=O)Cc1ccccc1Cl)N(C)C. The fraction of sp³-hybridized carbons (Fsp3) is 0.500. The van der Waals surface area contributed by atoms with Crippen LogP contribution in [0.1, 0.15) is 25.3 Å². The molecule has 1 aromatic carbocycles. The van der Waals surface area contributed by atoms with E-state index in [1.807, 2.05) is 6.92 Å². The number of rotatable bonds is 7. The first-order valence-corrected chi connectivity index (χ1v) is 8.74. The van der Waals surface area contributed by atoms with E-state index in [-0.39, 0.29) is 5.75 Å². The molecule has 1 amide bonds. The van der Waals surface area contributed by atoms with E-state index in [9.17, 15) is 13.2 Å². The smallest absolute Gasteiger partial charge is 0.250 e. The summed E-state index contributed by atoms with van der Waals surface area (Å²) in [6, 6.07) is 6.21. The molecule has 0 bridgehead atoms. The Morgan fingerprint density at radius 3 is 2.48 bits per heavy atom. The molecule has 0 heterocycles. The third-order valence-corrected chi connectivity index (χ3v) is 4.62. The first kappa shape index (κ1) is 17.9. The molecule has 0 spiro atoms. The van der Waals surface area contributed by atoms with Crippen molar-refractivity contribution >= 4 is 27.5 Å². The fourth-order valence-corrected chi connectivity index (χ4v) is 3.43. The van der Waals surface area contributed by atoms with Crippen LogP contribution in [0.4, 0.5) is 0 Å². The van der Waals surface area contributed by atoms with Crippen LogP contribution in [0, 0.1) is 0 Å². The van der Waals surface area contributed by atoms with Crippen molar-refractivity contribution in [2.24, 2.45) is 0 Å². The summed E-state index contributed by atoms with van der Waals surface area (Å²) in [7, 11) is -0.263. The predicted molar refractivity (Wildman–Crippen MR) is 84.6 cm³/mol. The molecule has 5 nitrogen and oxygen atoms in total. The summed E-state index contributed by atoms with van der Waals surface area (Å²) in [4.78, 5) is 13.8. The van der Waals surface area contributed by atoms with E-state index in [0.29, 0.717) is 17.0 Å². The average Bonchev–Trinajstić information content (AvgIpc) is 2.37. The summed E-state index contributed by atoms with van der Waals surface area (Å²) in [5.74, 6) is -0.820. The average molecular weight is 333 g/mol. The van der Waals surface area contributed by atoms with Crippen LogP contribution in [-0.4, -0.2) is 39.4 Å². The number of nitrogens with zero attached hydrogens (tertiary/aromatic N) is 1. The molecule has 0 saturated carbocycles. The number of nitrogens with one attached hydrogen (secondary N) is 1. The summed E-state index contributed by atoms with van der Waals surface area (Å²) < 4.78 is 26.3. The minimum Gasteiger partial charge on any atom is -0.298 e. The highest BCUT2D eigenvalue weighted by molar-refractivity contribution is 7.89. The topological polar surface area (TPSA) is 66.5 Å². The van der Waals surface area contributed by atoms with Crippen LogP contribution in [0.15, 0.2) is 24.3 Å². The molecule has 0 aromatic heterocycles. The van der Waals surface area contributed by atoms with Gasteiger partial charge in [0, 0.05) is 5.02 Å². The van der Waals surface area contributed by atoms with Crippen LogP contribution < -0.4 is 4.72 Å². The Kier molecular flexibility index (Phi) is 6.64. The van der Waals surface area contributed by atoms with Crippen LogP contribution in [0.2, 0.25) is 5.02 Å². The third kappa shape index (κ3) is 5.65. The molecule has 0 aliphatic rings. The van der Waals surface area contributed by atoms with E-state index in [0.717, 1.165) is 6.42 Å². The highest BCUT2D eigenvalue weighted by Crippen LogP contribution is 2.17. The lowest BCUT2D eigenvalue weighted by atomic mass is 10.1. The summed E-state index contributed by atoms with van der Waals surface area (Å²) in [5.41, 5.74) is 0.469. The standard InChI is InChI=1S/C14H21ClN2O3S/c1-4-7-13(17(2)3)14(18)16-21(19,20)10-11-8-5-6-9-12(11)15/h5-6,8-9,13H,4,7,10H2,1-3H3,(H,16,18)/t13-/m0/s1. The summed E-state index contributed by atoms with van der Waals surface area (Å²) in [6.45, 7) is 1.95. The van der Waals surface area contributed by atoms with Crippen LogP contribution in [0.3, 0.4) is 0 Å². The molecule has 0 radical (unpaired) electrons. The number of sulfonamides is 1. The summed E-state index contributed by atoms with van der Waals surface area (Å²) in [6.07, 6.45) is 1.39. The van der Waals surface area contributed by atoms with Crippen molar-refractivity contribution < 1.29 is 13.2 Å². The third-order valence-electron chi connectivity index (χ3n) is 3.05. The Morgan fingerprint density at radius 2 is 1.95 bits per heavy atom. The van der Waals surface area contributed by atoms with Gasteiger partial charge in [0.2, 0.25) is 10.0 Å². The quantitative estimate of drug-likeness (QED) is 0.829. The number of hydrogen-bond donors (Lipinski definition) is 1. The van der Waals surface area contributed by atoms with Crippen molar-refractivity contribution in [1.29, 1.82) is 0 Å². The van der Waals surface area contributed by atoms with Crippen molar-refractivity contribution in [3.63, 3.8) is 0 Å². The van der Waals surface area contributed by atoms with Gasteiger partial charge in [-0.05, 0) is 32.1 Å². The lowest BCUT2D eigenvalue weighted by molar-refractivity contribution is -0.123. The van der Waals surface area contributed by atoms with E-state index in [2.05, 4.69) is 4.72 Å². The molecule has 0 saturated heterocycles. The molecule has 0 fully saturated rings. The largest absolute Gasteiger partial charge is 0.298 e. The first-order chi connectivity index (χ1) is 9.76. The number of amides is 1. The second-order valence-electron chi connectivity index (χ2n) is 5.08. The van der Waals surface area contributed by atoms with Crippen LogP contribution in [0.5, 0.6) is 0 Å². The second-order valence-corrected chi connectivity index (χ2v) is 7.21. The van der Waals surface area contributed by atoms with Gasteiger partial charge in [0.15, 0.2) is 0 Å². The Morgan fingerprint density at radius 1 is 1.33 bits per heavy atom. The van der Waals surface area contributed by atoms with Crippen molar-refractivity contribution in [2.45, 2.75) is 31.6 Å². The molecule has 1 atom stereocenters. The van der Waals surface area contributed by atoms with Gasteiger partial charge in [-0.1, -0.05) is 43.1 Å². The van der Waals surface area contributed by atoms with Crippen LogP contribution in [-0.2, 0) is 20.6 Å². The fourth-order valence-electron chi connectivity index (χ4n) is 1.97. The predicted octanol–water partition coefficient (Wildman–Crippen LogP) is 2.02. The first-order valence-electron chi connectivity index (χ1n) is 6.71. The molecule has 1 aromatic rings. The second kappa shape index (κ2) is 7.77. The molecule has 21 heavy (non-hydrogen) atoms. The number of carbonyl (C=O) groups excluding carboxylic acids is 1. The normalized spacial score (nSPS) is 13.2. The highest BCUT2D eigenvalue weighted by atomic mass is 35.5. The lowest BCUT2D eigenvalue weighted by Crippen LogP contribution is -2.45. The van der Waals surface area contributed by atoms with Crippen molar-refractivity contribution in [3.05, 3.63) is 34.9 Å². The Labute approximate surface area is 131 Å². The molecule has 0 aliphatic carbocycles. The zero-order chi connectivity index (χ0) is 16.0. The van der Waals surface area contributed by atoms with Crippen LogP contribution in [0.25, 0.3) is 0 Å². The minimum atomic E-state index is -3.76. The highest BCUT2D eigenvalue weighted by Gasteiger charge is 2.24. The molecule has 1 rings (SSSR count). The molecule has 118 valence electrons. The Bertz CT molecular complexity index is 588. The zero-order valence-corrected chi connectivity index (χ0v) is 14.0. The van der Waals surface area contributed by atoms with Gasteiger partial charge in [-0.15, -0.1) is 0 Å². The number of likely N-dealkylation sites (N-methyl/N-ethyl adjacent to an activating group) is 1. The minimum absolute atomic E-state index is 0.315. The maximum absolute atomic E-state index is 12.1. The van der Waals surface area contributed by atoms with E-state index in [4.69, 9.17) is 11.6 Å². The maximum atomic E-state index is 12.1. The monoisotopic (exact) mass is 332 g/mol. The van der Waals surface area contributed by atoms with E-state index in [1.165, 1.54) is 0 Å². The van der Waals surface area contributed by atoms with E-state index < -0.39 is 22.0 Å². The number of carbonyl (C=O) groups is 1. The van der Waals surface area contributed by atoms with E-state index >= 15 is 0 Å². The van der Waals surface area contributed by atoms with Crippen molar-refractivity contribution in [3.8, 4) is 0 Å². The molecular weight excluding hydrogens is 312 g/mol. The molecular formula is C14H21ClN2O3S. The van der Waals surface area contributed by atoms with Crippen molar-refractivity contribution in [1.82, 2.24) is 9.62 Å². The van der Waals surface area contributed by atoms with Gasteiger partial charge in [-0.25, -0.2) is 8.42 Å². The van der Waals surface area contributed by atoms with Gasteiger partial charge in [0.25, 0.3) is 5.91 Å².